The lowest BCUT2D eigenvalue weighted by Gasteiger charge is -2.38. The summed E-state index contributed by atoms with van der Waals surface area (Å²) in [4.78, 5) is 5.45. The first-order chi connectivity index (χ1) is 9.42. The van der Waals surface area contributed by atoms with Crippen LogP contribution in [0.2, 0.25) is 0 Å². The molecule has 0 radical (unpaired) electrons. The van der Waals surface area contributed by atoms with E-state index >= 15 is 0 Å². The van der Waals surface area contributed by atoms with Gasteiger partial charge in [0, 0.05) is 56.3 Å². The summed E-state index contributed by atoms with van der Waals surface area (Å²) in [6, 6.07) is 1.70. The van der Waals surface area contributed by atoms with Crippen LogP contribution in [0.4, 0.5) is 0 Å². The third-order valence-electron chi connectivity index (χ3n) is 5.04. The molecule has 1 atom stereocenters. The zero-order valence-electron chi connectivity index (χ0n) is 12.1. The molecule has 1 saturated carbocycles. The Morgan fingerprint density at radius 1 is 1.05 bits per heavy atom. The minimum atomic E-state index is 0.770. The van der Waals surface area contributed by atoms with Gasteiger partial charge in [0.1, 0.15) is 0 Å². The van der Waals surface area contributed by atoms with Crippen LogP contribution in [0, 0.1) is 0 Å². The lowest BCUT2D eigenvalue weighted by atomic mass is 10.1. The summed E-state index contributed by atoms with van der Waals surface area (Å²) in [5.41, 5.74) is 0. The molecule has 0 amide bonds. The predicted octanol–water partition coefficient (Wildman–Crippen LogP) is 1.64. The molecule has 3 fully saturated rings. The number of hydrogen-bond donors (Lipinski definition) is 1. The largest absolute Gasteiger partial charge is 0.312 e. The average Bonchev–Trinajstić information content (AvgIpc) is 3.01. The quantitative estimate of drug-likeness (QED) is 0.845. The summed E-state index contributed by atoms with van der Waals surface area (Å²) >= 11 is 2.12. The molecule has 1 N–H and O–H groups in total. The normalized spacial score (nSPS) is 31.9. The molecule has 1 unspecified atom stereocenters. The molecular weight excluding hydrogens is 254 g/mol. The van der Waals surface area contributed by atoms with Gasteiger partial charge in [-0.05, 0) is 25.8 Å². The van der Waals surface area contributed by atoms with E-state index in [1.807, 2.05) is 0 Å². The Morgan fingerprint density at radius 2 is 1.84 bits per heavy atom. The summed E-state index contributed by atoms with van der Waals surface area (Å²) < 4.78 is 0. The van der Waals surface area contributed by atoms with Gasteiger partial charge >= 0.3 is 0 Å². The molecule has 2 saturated heterocycles. The van der Waals surface area contributed by atoms with Gasteiger partial charge in [-0.15, -0.1) is 0 Å². The molecule has 1 aliphatic carbocycles. The fourth-order valence-electron chi connectivity index (χ4n) is 3.77. The van der Waals surface area contributed by atoms with Gasteiger partial charge in [0.25, 0.3) is 0 Å². The fraction of sp³-hybridized carbons (Fsp3) is 1.00. The van der Waals surface area contributed by atoms with Gasteiger partial charge in [-0.1, -0.05) is 12.8 Å². The zero-order valence-corrected chi connectivity index (χ0v) is 13.0. The van der Waals surface area contributed by atoms with E-state index < -0.39 is 0 Å². The number of nitrogens with zero attached hydrogens (tertiary/aromatic N) is 2. The summed E-state index contributed by atoms with van der Waals surface area (Å²) in [5.74, 6) is 2.62. The van der Waals surface area contributed by atoms with Crippen molar-refractivity contribution in [1.29, 1.82) is 0 Å². The molecule has 19 heavy (non-hydrogen) atoms. The minimum absolute atomic E-state index is 0.770. The van der Waals surface area contributed by atoms with E-state index in [1.54, 1.807) is 0 Å². The zero-order chi connectivity index (χ0) is 12.9. The van der Waals surface area contributed by atoms with Crippen LogP contribution in [0.15, 0.2) is 0 Å². The van der Waals surface area contributed by atoms with Crippen LogP contribution in [-0.2, 0) is 0 Å². The van der Waals surface area contributed by atoms with E-state index in [0.29, 0.717) is 0 Å². The molecule has 110 valence electrons. The SMILES string of the molecule is C1CCC(N2CCN(CCC3CSCCN3)CC2)C1. The first-order valence-electron chi connectivity index (χ1n) is 8.19. The van der Waals surface area contributed by atoms with Crippen molar-refractivity contribution in [3.8, 4) is 0 Å². The van der Waals surface area contributed by atoms with Crippen LogP contribution in [0.25, 0.3) is 0 Å². The Hall–Kier alpha value is 0.230. The van der Waals surface area contributed by atoms with E-state index in [2.05, 4.69) is 26.9 Å². The summed E-state index contributed by atoms with van der Waals surface area (Å²) in [6.07, 6.45) is 7.20. The molecule has 3 rings (SSSR count). The first-order valence-corrected chi connectivity index (χ1v) is 9.35. The van der Waals surface area contributed by atoms with Crippen LogP contribution in [0.5, 0.6) is 0 Å². The number of piperazine rings is 1. The van der Waals surface area contributed by atoms with Crippen LogP contribution < -0.4 is 5.32 Å². The molecule has 0 aromatic carbocycles. The van der Waals surface area contributed by atoms with Gasteiger partial charge in [0.2, 0.25) is 0 Å². The third kappa shape index (κ3) is 4.10. The number of thioether (sulfide) groups is 1. The van der Waals surface area contributed by atoms with Crippen molar-refractivity contribution in [3.63, 3.8) is 0 Å². The van der Waals surface area contributed by atoms with Gasteiger partial charge in [0.15, 0.2) is 0 Å². The van der Waals surface area contributed by atoms with Crippen LogP contribution in [0.1, 0.15) is 32.1 Å². The Morgan fingerprint density at radius 3 is 2.53 bits per heavy atom. The Kier molecular flexibility index (Phi) is 5.45. The monoisotopic (exact) mass is 283 g/mol. The maximum absolute atomic E-state index is 3.65. The number of nitrogens with one attached hydrogen (secondary N) is 1. The Bertz CT molecular complexity index is 254. The molecule has 3 aliphatic rings. The van der Waals surface area contributed by atoms with Crippen molar-refractivity contribution < 1.29 is 0 Å². The second-order valence-electron chi connectivity index (χ2n) is 6.33. The smallest absolute Gasteiger partial charge is 0.0170 e. The van der Waals surface area contributed by atoms with Crippen LogP contribution in [0.3, 0.4) is 0 Å². The van der Waals surface area contributed by atoms with Crippen molar-refractivity contribution in [2.24, 2.45) is 0 Å². The third-order valence-corrected chi connectivity index (χ3v) is 6.17. The van der Waals surface area contributed by atoms with Crippen molar-refractivity contribution in [2.75, 3.05) is 50.8 Å². The van der Waals surface area contributed by atoms with Crippen molar-refractivity contribution >= 4 is 11.8 Å². The highest BCUT2D eigenvalue weighted by Crippen LogP contribution is 2.24. The van der Waals surface area contributed by atoms with Gasteiger partial charge in [-0.25, -0.2) is 0 Å². The highest BCUT2D eigenvalue weighted by atomic mass is 32.2. The molecule has 4 heteroatoms. The number of rotatable bonds is 4. The van der Waals surface area contributed by atoms with Gasteiger partial charge < -0.3 is 10.2 Å². The van der Waals surface area contributed by atoms with Gasteiger partial charge in [0.05, 0.1) is 0 Å². The first kappa shape index (κ1) is 14.2. The van der Waals surface area contributed by atoms with Crippen molar-refractivity contribution in [2.45, 2.75) is 44.2 Å². The Labute approximate surface area is 122 Å². The standard InChI is InChI=1S/C15H29N3S/c1-2-4-15(3-1)18-10-8-17(9-11-18)7-5-14-13-19-12-6-16-14/h14-16H,1-13H2. The summed E-state index contributed by atoms with van der Waals surface area (Å²) in [6.45, 7) is 7.75. The summed E-state index contributed by atoms with van der Waals surface area (Å²) in [7, 11) is 0. The second-order valence-corrected chi connectivity index (χ2v) is 7.48. The lowest BCUT2D eigenvalue weighted by Crippen LogP contribution is -2.50. The maximum atomic E-state index is 3.65. The highest BCUT2D eigenvalue weighted by molar-refractivity contribution is 7.99. The second kappa shape index (κ2) is 7.30. The molecule has 0 bridgehead atoms. The van der Waals surface area contributed by atoms with Crippen LogP contribution >= 0.6 is 11.8 Å². The molecule has 2 aliphatic heterocycles. The van der Waals surface area contributed by atoms with E-state index in [1.165, 1.54) is 82.9 Å². The van der Waals surface area contributed by atoms with Gasteiger partial charge in [-0.3, -0.25) is 4.90 Å². The molecule has 0 aromatic heterocycles. The van der Waals surface area contributed by atoms with Crippen molar-refractivity contribution in [1.82, 2.24) is 15.1 Å². The summed E-state index contributed by atoms with van der Waals surface area (Å²) in [5, 5.41) is 3.65. The average molecular weight is 283 g/mol. The van der Waals surface area contributed by atoms with E-state index in [0.717, 1.165) is 12.1 Å². The molecule has 0 spiro atoms. The fourth-order valence-corrected chi connectivity index (χ4v) is 4.76. The minimum Gasteiger partial charge on any atom is -0.312 e. The van der Waals surface area contributed by atoms with E-state index in [-0.39, 0.29) is 0 Å². The maximum Gasteiger partial charge on any atom is 0.0170 e. The van der Waals surface area contributed by atoms with E-state index in [9.17, 15) is 0 Å². The van der Waals surface area contributed by atoms with E-state index in [4.69, 9.17) is 0 Å². The van der Waals surface area contributed by atoms with Crippen LogP contribution in [-0.4, -0.2) is 72.7 Å². The van der Waals surface area contributed by atoms with Crippen molar-refractivity contribution in [3.05, 3.63) is 0 Å². The lowest BCUT2D eigenvalue weighted by molar-refractivity contribution is 0.0956. The molecule has 3 nitrogen and oxygen atoms in total. The van der Waals surface area contributed by atoms with Gasteiger partial charge in [-0.2, -0.15) is 11.8 Å². The molecular formula is C15H29N3S. The highest BCUT2D eigenvalue weighted by Gasteiger charge is 2.26. The topological polar surface area (TPSA) is 18.5 Å². The number of hydrogen-bond acceptors (Lipinski definition) is 4. The molecule has 0 aromatic rings. The molecule has 2 heterocycles. The Balaban J connectivity index is 1.33. The predicted molar refractivity (Wildman–Crippen MR) is 84.0 cm³/mol.